The summed E-state index contributed by atoms with van der Waals surface area (Å²) >= 11 is 0. The number of fused-ring (bicyclic) bond motifs is 3. The Hall–Kier alpha value is -2.18. The summed E-state index contributed by atoms with van der Waals surface area (Å²) in [5.41, 5.74) is 3.85. The molecule has 2 aliphatic heterocycles. The van der Waals surface area contributed by atoms with Crippen molar-refractivity contribution in [1.82, 2.24) is 4.90 Å². The van der Waals surface area contributed by atoms with Crippen LogP contribution in [0.25, 0.3) is 6.08 Å². The first-order valence-corrected chi connectivity index (χ1v) is 11.4. The Bertz CT molecular complexity index is 924. The number of hydrogen-bond donors (Lipinski definition) is 1. The predicted octanol–water partition coefficient (Wildman–Crippen LogP) is 3.95. The van der Waals surface area contributed by atoms with E-state index < -0.39 is 0 Å². The average molecular weight is 428 g/mol. The van der Waals surface area contributed by atoms with Crippen LogP contribution in [-0.4, -0.2) is 41.6 Å². The first kappa shape index (κ1) is 22.0. The summed E-state index contributed by atoms with van der Waals surface area (Å²) in [5.74, 6) is 1.10. The molecule has 0 aromatic carbocycles. The van der Waals surface area contributed by atoms with Gasteiger partial charge in [-0.1, -0.05) is 31.9 Å². The number of rotatable bonds is 7. The van der Waals surface area contributed by atoms with E-state index in [2.05, 4.69) is 20.8 Å². The van der Waals surface area contributed by atoms with Gasteiger partial charge in [0.25, 0.3) is 0 Å². The molecule has 3 heterocycles. The quantitative estimate of drug-likeness (QED) is 0.526. The lowest BCUT2D eigenvalue weighted by Crippen LogP contribution is -2.34. The Balaban J connectivity index is 1.55. The van der Waals surface area contributed by atoms with E-state index in [4.69, 9.17) is 9.15 Å². The second-order valence-electron chi connectivity index (χ2n) is 9.29. The number of allylic oxidation sites excluding steroid dienone is 2. The van der Waals surface area contributed by atoms with Gasteiger partial charge in [0.05, 0.1) is 24.5 Å². The fraction of sp³-hybridized carbons (Fsp3) is 0.600. The molecule has 168 valence electrons. The van der Waals surface area contributed by atoms with Crippen LogP contribution in [0, 0.1) is 23.7 Å². The maximum atomic E-state index is 12.8. The molecule has 31 heavy (non-hydrogen) atoms. The smallest absolute Gasteiger partial charge is 0.233 e. The van der Waals surface area contributed by atoms with Gasteiger partial charge in [0.2, 0.25) is 11.8 Å². The van der Waals surface area contributed by atoms with E-state index in [9.17, 15) is 14.7 Å². The van der Waals surface area contributed by atoms with Gasteiger partial charge in [0.15, 0.2) is 0 Å². The van der Waals surface area contributed by atoms with Gasteiger partial charge in [-0.2, -0.15) is 0 Å². The number of aliphatic hydroxyl groups excluding tert-OH is 1. The van der Waals surface area contributed by atoms with Crippen molar-refractivity contribution in [1.29, 1.82) is 0 Å². The van der Waals surface area contributed by atoms with Crippen LogP contribution in [0.5, 0.6) is 0 Å². The summed E-state index contributed by atoms with van der Waals surface area (Å²) in [4.78, 5) is 26.8. The summed E-state index contributed by atoms with van der Waals surface area (Å²) in [7, 11) is 1.61. The zero-order chi connectivity index (χ0) is 22.3. The highest BCUT2D eigenvalue weighted by Crippen LogP contribution is 2.51. The standard InChI is InChI=1S/C25H33NO5/c1-5-15(10-16-7-8-17(12-27)31-16)6-9-21-22-18(14(2)3)11-19-23(20(22)13-30-21)25(29)26(4)24(19)28/h7-8,10,14,19-21,23,27H,5-6,9,11-13H2,1-4H3/b15-10+/t19-,20+,21-,23-/m1/s1. The Morgan fingerprint density at radius 2 is 2.03 bits per heavy atom. The topological polar surface area (TPSA) is 80.0 Å². The normalized spacial score (nSPS) is 28.7. The van der Waals surface area contributed by atoms with Crippen LogP contribution in [0.3, 0.4) is 0 Å². The van der Waals surface area contributed by atoms with Crippen LogP contribution in [0.2, 0.25) is 0 Å². The minimum Gasteiger partial charge on any atom is -0.459 e. The maximum absolute atomic E-state index is 12.8. The van der Waals surface area contributed by atoms with Crippen molar-refractivity contribution in [2.75, 3.05) is 13.7 Å². The zero-order valence-electron chi connectivity index (χ0n) is 18.9. The summed E-state index contributed by atoms with van der Waals surface area (Å²) < 4.78 is 11.9. The van der Waals surface area contributed by atoms with Gasteiger partial charge in [-0.3, -0.25) is 14.5 Å². The highest BCUT2D eigenvalue weighted by atomic mass is 16.5. The van der Waals surface area contributed by atoms with Crippen LogP contribution < -0.4 is 0 Å². The van der Waals surface area contributed by atoms with Crippen LogP contribution in [-0.2, 0) is 20.9 Å². The highest BCUT2D eigenvalue weighted by Gasteiger charge is 2.56. The van der Waals surface area contributed by atoms with Gasteiger partial charge >= 0.3 is 0 Å². The SMILES string of the molecule is CC/C(=C\c1ccc(CO)o1)CC[C@H]1OC[C@H]2C1=C(C(C)C)C[C@H]1C(=O)N(C)C(=O)[C@H]12. The van der Waals surface area contributed by atoms with E-state index in [-0.39, 0.29) is 42.3 Å². The maximum Gasteiger partial charge on any atom is 0.233 e. The van der Waals surface area contributed by atoms with Crippen LogP contribution in [0.15, 0.2) is 33.3 Å². The number of likely N-dealkylation sites (tertiary alicyclic amines) is 1. The second kappa shape index (κ2) is 8.75. The van der Waals surface area contributed by atoms with Crippen molar-refractivity contribution in [2.45, 2.75) is 59.2 Å². The molecule has 0 radical (unpaired) electrons. The van der Waals surface area contributed by atoms with E-state index in [0.717, 1.165) is 25.0 Å². The number of imide groups is 1. The van der Waals surface area contributed by atoms with Crippen LogP contribution in [0.1, 0.15) is 58.0 Å². The van der Waals surface area contributed by atoms with Crippen molar-refractivity contribution < 1.29 is 23.8 Å². The number of carbonyl (C=O) groups excluding carboxylic acids is 2. The number of aliphatic hydroxyl groups is 1. The predicted molar refractivity (Wildman–Crippen MR) is 117 cm³/mol. The number of carbonyl (C=O) groups is 2. The largest absolute Gasteiger partial charge is 0.459 e. The number of nitrogens with zero attached hydrogens (tertiary/aromatic N) is 1. The minimum absolute atomic E-state index is 0.00304. The molecular weight excluding hydrogens is 394 g/mol. The van der Waals surface area contributed by atoms with Crippen LogP contribution in [0.4, 0.5) is 0 Å². The molecule has 2 saturated heterocycles. The molecular formula is C25H33NO5. The zero-order valence-corrected chi connectivity index (χ0v) is 18.9. The molecule has 0 saturated carbocycles. The monoisotopic (exact) mass is 427 g/mol. The lowest BCUT2D eigenvalue weighted by molar-refractivity contribution is -0.138. The highest BCUT2D eigenvalue weighted by molar-refractivity contribution is 6.05. The summed E-state index contributed by atoms with van der Waals surface area (Å²) in [6, 6.07) is 3.67. The third-order valence-corrected chi connectivity index (χ3v) is 7.23. The molecule has 1 aliphatic carbocycles. The van der Waals surface area contributed by atoms with E-state index >= 15 is 0 Å². The van der Waals surface area contributed by atoms with Crippen LogP contribution >= 0.6 is 0 Å². The fourth-order valence-electron chi connectivity index (χ4n) is 5.54. The molecule has 1 aromatic heterocycles. The molecule has 1 aromatic rings. The molecule has 1 N–H and O–H groups in total. The molecule has 0 unspecified atom stereocenters. The second-order valence-corrected chi connectivity index (χ2v) is 9.29. The fourth-order valence-corrected chi connectivity index (χ4v) is 5.54. The van der Waals surface area contributed by atoms with Gasteiger partial charge in [-0.25, -0.2) is 0 Å². The molecule has 0 bridgehead atoms. The molecule has 0 spiro atoms. The summed E-state index contributed by atoms with van der Waals surface area (Å²) in [6.45, 7) is 6.90. The summed E-state index contributed by atoms with van der Waals surface area (Å²) in [5, 5.41) is 9.20. The van der Waals surface area contributed by atoms with Crippen molar-refractivity contribution in [3.8, 4) is 0 Å². The lowest BCUT2D eigenvalue weighted by Gasteiger charge is -2.33. The lowest BCUT2D eigenvalue weighted by atomic mass is 9.67. The van der Waals surface area contributed by atoms with Crippen molar-refractivity contribution in [2.24, 2.45) is 23.7 Å². The molecule has 2 amide bonds. The number of amides is 2. The van der Waals surface area contributed by atoms with Crippen molar-refractivity contribution in [3.05, 3.63) is 40.4 Å². The first-order valence-electron chi connectivity index (χ1n) is 11.4. The summed E-state index contributed by atoms with van der Waals surface area (Å²) in [6.07, 6.45) is 5.36. The van der Waals surface area contributed by atoms with Gasteiger partial charge in [-0.05, 0) is 55.4 Å². The number of furan rings is 1. The molecule has 3 aliphatic rings. The Morgan fingerprint density at radius 3 is 2.68 bits per heavy atom. The molecule has 6 nitrogen and oxygen atoms in total. The number of ether oxygens (including phenoxy) is 1. The molecule has 2 fully saturated rings. The minimum atomic E-state index is -0.263. The molecule has 4 atom stereocenters. The molecule has 6 heteroatoms. The van der Waals surface area contributed by atoms with Gasteiger partial charge in [0.1, 0.15) is 18.1 Å². The first-order chi connectivity index (χ1) is 14.8. The van der Waals surface area contributed by atoms with Gasteiger partial charge in [0, 0.05) is 13.0 Å². The van der Waals surface area contributed by atoms with Gasteiger partial charge in [-0.15, -0.1) is 0 Å². The Kier molecular flexibility index (Phi) is 6.22. The van der Waals surface area contributed by atoms with E-state index in [1.807, 2.05) is 12.1 Å². The Morgan fingerprint density at radius 1 is 1.26 bits per heavy atom. The van der Waals surface area contributed by atoms with Gasteiger partial charge < -0.3 is 14.3 Å². The third-order valence-electron chi connectivity index (χ3n) is 7.23. The third kappa shape index (κ3) is 3.92. The van der Waals surface area contributed by atoms with Crippen molar-refractivity contribution in [3.63, 3.8) is 0 Å². The molecule has 4 rings (SSSR count). The van der Waals surface area contributed by atoms with E-state index in [1.165, 1.54) is 21.6 Å². The van der Waals surface area contributed by atoms with Crippen molar-refractivity contribution >= 4 is 17.9 Å². The number of hydrogen-bond acceptors (Lipinski definition) is 5. The van der Waals surface area contributed by atoms with E-state index in [0.29, 0.717) is 24.7 Å². The Labute approximate surface area is 183 Å². The average Bonchev–Trinajstić information content (AvgIpc) is 3.45. The van der Waals surface area contributed by atoms with E-state index in [1.54, 1.807) is 13.1 Å².